The van der Waals surface area contributed by atoms with Gasteiger partial charge < -0.3 is 15.4 Å². The maximum absolute atomic E-state index is 12.4. The Labute approximate surface area is 125 Å². The average molecular weight is 310 g/mol. The summed E-state index contributed by atoms with van der Waals surface area (Å²) in [5.74, 6) is -0.329. The van der Waals surface area contributed by atoms with Crippen molar-refractivity contribution in [1.82, 2.24) is 4.90 Å². The summed E-state index contributed by atoms with van der Waals surface area (Å²) in [5, 5.41) is 0. The Morgan fingerprint density at radius 2 is 2.24 bits per heavy atom. The van der Waals surface area contributed by atoms with Gasteiger partial charge in [0.15, 0.2) is 6.10 Å². The van der Waals surface area contributed by atoms with Crippen LogP contribution in [0.1, 0.15) is 15.9 Å². The lowest BCUT2D eigenvalue weighted by molar-refractivity contribution is -0.133. The van der Waals surface area contributed by atoms with Crippen LogP contribution in [-0.2, 0) is 26.1 Å². The van der Waals surface area contributed by atoms with E-state index in [2.05, 4.69) is 0 Å². The molecule has 114 valence electrons. The van der Waals surface area contributed by atoms with Crippen molar-refractivity contribution in [2.45, 2.75) is 11.9 Å². The molecule has 0 bridgehead atoms. The van der Waals surface area contributed by atoms with Gasteiger partial charge in [0.25, 0.3) is 5.91 Å². The molecular weight excluding hydrogens is 292 g/mol. The SMILES string of the molecule is C[S@](=O)Cc1cccc(C(=O)N2CCO[C@@H](C(N)=O)C2)c1. The van der Waals surface area contributed by atoms with E-state index in [-0.39, 0.29) is 19.1 Å². The van der Waals surface area contributed by atoms with Crippen LogP contribution in [0.5, 0.6) is 0 Å². The number of hydrogen-bond acceptors (Lipinski definition) is 4. The molecule has 2 rings (SSSR count). The highest BCUT2D eigenvalue weighted by atomic mass is 32.2. The predicted octanol–water partition coefficient (Wildman–Crippen LogP) is -0.109. The third-order valence-corrected chi connectivity index (χ3v) is 3.95. The summed E-state index contributed by atoms with van der Waals surface area (Å²) in [6.45, 7) is 0.878. The molecule has 0 saturated carbocycles. The number of nitrogens with zero attached hydrogens (tertiary/aromatic N) is 1. The van der Waals surface area contributed by atoms with Crippen LogP contribution in [0, 0.1) is 0 Å². The Hall–Kier alpha value is -1.73. The van der Waals surface area contributed by atoms with E-state index < -0.39 is 22.8 Å². The lowest BCUT2D eigenvalue weighted by Gasteiger charge is -2.31. The van der Waals surface area contributed by atoms with E-state index in [1.165, 1.54) is 0 Å². The lowest BCUT2D eigenvalue weighted by Crippen LogP contribution is -2.50. The molecule has 0 aliphatic carbocycles. The van der Waals surface area contributed by atoms with Gasteiger partial charge in [0, 0.05) is 34.9 Å². The van der Waals surface area contributed by atoms with Crippen LogP contribution in [0.25, 0.3) is 0 Å². The molecule has 1 aromatic carbocycles. The highest BCUT2D eigenvalue weighted by Crippen LogP contribution is 2.13. The molecule has 0 radical (unpaired) electrons. The zero-order valence-electron chi connectivity index (χ0n) is 11.8. The molecule has 0 aromatic heterocycles. The van der Waals surface area contributed by atoms with Gasteiger partial charge in [-0.1, -0.05) is 12.1 Å². The normalized spacial score (nSPS) is 20.0. The van der Waals surface area contributed by atoms with Crippen molar-refractivity contribution in [3.05, 3.63) is 35.4 Å². The molecule has 1 saturated heterocycles. The van der Waals surface area contributed by atoms with Gasteiger partial charge >= 0.3 is 0 Å². The zero-order valence-corrected chi connectivity index (χ0v) is 12.6. The number of morpholine rings is 1. The van der Waals surface area contributed by atoms with Gasteiger partial charge in [0.05, 0.1) is 13.2 Å². The molecule has 2 amide bonds. The van der Waals surface area contributed by atoms with Gasteiger partial charge in [-0.15, -0.1) is 0 Å². The van der Waals surface area contributed by atoms with Crippen molar-refractivity contribution in [3.8, 4) is 0 Å². The van der Waals surface area contributed by atoms with Gasteiger partial charge in [-0.05, 0) is 17.7 Å². The first-order valence-corrected chi connectivity index (χ1v) is 8.29. The maximum atomic E-state index is 12.4. The van der Waals surface area contributed by atoms with Crippen molar-refractivity contribution in [1.29, 1.82) is 0 Å². The second-order valence-electron chi connectivity index (χ2n) is 4.93. The van der Waals surface area contributed by atoms with Crippen molar-refractivity contribution in [3.63, 3.8) is 0 Å². The molecular formula is C14H18N2O4S. The summed E-state index contributed by atoms with van der Waals surface area (Å²) in [6.07, 6.45) is 0.863. The van der Waals surface area contributed by atoms with Crippen LogP contribution in [-0.4, -0.2) is 53.0 Å². The standard InChI is InChI=1S/C14H18N2O4S/c1-21(19)9-10-3-2-4-11(7-10)14(18)16-5-6-20-12(8-16)13(15)17/h2-4,7,12H,5-6,8-9H2,1H3,(H2,15,17)/t12-,21+/m1/s1. The molecule has 1 aromatic rings. The summed E-state index contributed by atoms with van der Waals surface area (Å²) in [6, 6.07) is 7.04. The third-order valence-electron chi connectivity index (χ3n) is 3.21. The minimum Gasteiger partial charge on any atom is -0.367 e. The average Bonchev–Trinajstić information content (AvgIpc) is 2.46. The van der Waals surface area contributed by atoms with Crippen LogP contribution in [0.3, 0.4) is 0 Å². The summed E-state index contributed by atoms with van der Waals surface area (Å²) in [5.41, 5.74) is 6.58. The number of nitrogens with two attached hydrogens (primary N) is 1. The molecule has 1 fully saturated rings. The van der Waals surface area contributed by atoms with Crippen molar-refractivity contribution in [2.75, 3.05) is 26.0 Å². The molecule has 0 unspecified atom stereocenters. The van der Waals surface area contributed by atoms with Crippen molar-refractivity contribution < 1.29 is 18.5 Å². The summed E-state index contributed by atoms with van der Waals surface area (Å²) < 4.78 is 16.5. The number of carbonyl (C=O) groups is 2. The minimum atomic E-state index is -0.961. The molecule has 2 N–H and O–H groups in total. The Balaban J connectivity index is 2.12. The van der Waals surface area contributed by atoms with Gasteiger partial charge in [0.2, 0.25) is 5.91 Å². The predicted molar refractivity (Wildman–Crippen MR) is 79.1 cm³/mol. The topological polar surface area (TPSA) is 89.7 Å². The zero-order chi connectivity index (χ0) is 15.4. The minimum absolute atomic E-state index is 0.165. The number of ether oxygens (including phenoxy) is 1. The highest BCUT2D eigenvalue weighted by Gasteiger charge is 2.28. The second kappa shape index (κ2) is 6.82. The van der Waals surface area contributed by atoms with Crippen LogP contribution in [0.2, 0.25) is 0 Å². The van der Waals surface area contributed by atoms with E-state index in [0.29, 0.717) is 17.9 Å². The quantitative estimate of drug-likeness (QED) is 0.840. The third kappa shape index (κ3) is 4.12. The number of benzene rings is 1. The summed E-state index contributed by atoms with van der Waals surface area (Å²) >= 11 is 0. The number of hydrogen-bond donors (Lipinski definition) is 1. The van der Waals surface area contributed by atoms with Crippen LogP contribution >= 0.6 is 0 Å². The monoisotopic (exact) mass is 310 g/mol. The van der Waals surface area contributed by atoms with E-state index in [1.807, 2.05) is 6.07 Å². The number of rotatable bonds is 4. The molecule has 0 spiro atoms. The van der Waals surface area contributed by atoms with Gasteiger partial charge in [-0.3, -0.25) is 13.8 Å². The second-order valence-corrected chi connectivity index (χ2v) is 6.37. The van der Waals surface area contributed by atoms with E-state index >= 15 is 0 Å². The first-order valence-electron chi connectivity index (χ1n) is 6.56. The number of primary amides is 1. The fourth-order valence-corrected chi connectivity index (χ4v) is 2.87. The smallest absolute Gasteiger partial charge is 0.254 e. The Kier molecular flexibility index (Phi) is 5.08. The molecule has 1 aliphatic heterocycles. The van der Waals surface area contributed by atoms with E-state index in [9.17, 15) is 13.8 Å². The molecule has 21 heavy (non-hydrogen) atoms. The Bertz CT molecular complexity index is 576. The van der Waals surface area contributed by atoms with E-state index in [4.69, 9.17) is 10.5 Å². The largest absolute Gasteiger partial charge is 0.367 e. The van der Waals surface area contributed by atoms with Crippen LogP contribution in [0.4, 0.5) is 0 Å². The molecule has 1 heterocycles. The van der Waals surface area contributed by atoms with Crippen LogP contribution < -0.4 is 5.73 Å². The first kappa shape index (κ1) is 15.7. The first-order chi connectivity index (χ1) is 9.97. The van der Waals surface area contributed by atoms with Crippen molar-refractivity contribution in [2.24, 2.45) is 5.73 Å². The maximum Gasteiger partial charge on any atom is 0.254 e. The summed E-state index contributed by atoms with van der Waals surface area (Å²) in [4.78, 5) is 25.2. The van der Waals surface area contributed by atoms with Gasteiger partial charge in [-0.25, -0.2) is 0 Å². The van der Waals surface area contributed by atoms with Crippen LogP contribution in [0.15, 0.2) is 24.3 Å². The fraction of sp³-hybridized carbons (Fsp3) is 0.429. The lowest BCUT2D eigenvalue weighted by atomic mass is 10.1. The van der Waals surface area contributed by atoms with E-state index in [0.717, 1.165) is 5.56 Å². The van der Waals surface area contributed by atoms with Gasteiger partial charge in [0.1, 0.15) is 0 Å². The number of carbonyl (C=O) groups excluding carboxylic acids is 2. The number of amides is 2. The molecule has 7 heteroatoms. The molecule has 2 atom stereocenters. The van der Waals surface area contributed by atoms with E-state index in [1.54, 1.807) is 29.4 Å². The fourth-order valence-electron chi connectivity index (χ4n) is 2.22. The highest BCUT2D eigenvalue weighted by molar-refractivity contribution is 7.83. The molecule has 1 aliphatic rings. The van der Waals surface area contributed by atoms with Crippen molar-refractivity contribution >= 4 is 22.6 Å². The summed E-state index contributed by atoms with van der Waals surface area (Å²) in [7, 11) is -0.961. The molecule has 6 nitrogen and oxygen atoms in total. The van der Waals surface area contributed by atoms with Gasteiger partial charge in [-0.2, -0.15) is 0 Å². The Morgan fingerprint density at radius 1 is 1.48 bits per heavy atom. The Morgan fingerprint density at radius 3 is 2.90 bits per heavy atom.